The Balaban J connectivity index is 1.90. The average molecular weight is 386 g/mol. The second kappa shape index (κ2) is 8.14. The lowest BCUT2D eigenvalue weighted by atomic mass is 9.63. The first kappa shape index (κ1) is 19.9. The summed E-state index contributed by atoms with van der Waals surface area (Å²) < 4.78 is 0. The number of likely N-dealkylation sites (tertiary alicyclic amines) is 1. The Morgan fingerprint density at radius 3 is 1.79 bits per heavy atom. The molecule has 1 aliphatic rings. The van der Waals surface area contributed by atoms with E-state index in [9.17, 15) is 5.11 Å². The summed E-state index contributed by atoms with van der Waals surface area (Å²) in [5, 5.41) is 12.3. The van der Waals surface area contributed by atoms with Crippen LogP contribution in [-0.2, 0) is 5.60 Å². The highest BCUT2D eigenvalue weighted by Crippen LogP contribution is 2.55. The summed E-state index contributed by atoms with van der Waals surface area (Å²) in [5.41, 5.74) is 2.65. The number of hydrogen-bond donors (Lipinski definition) is 1. The number of hydrogen-bond acceptors (Lipinski definition) is 2. The third kappa shape index (κ3) is 3.63. The van der Waals surface area contributed by atoms with Gasteiger partial charge in [-0.3, -0.25) is 4.90 Å². The van der Waals surface area contributed by atoms with E-state index in [-0.39, 0.29) is 18.0 Å². The zero-order valence-electron chi connectivity index (χ0n) is 17.6. The molecule has 2 nitrogen and oxygen atoms in total. The summed E-state index contributed by atoms with van der Waals surface area (Å²) in [6, 6.07) is 31.8. The standard InChI is InChI=1S/C27H31NO/c1-20(2)25-26(22-15-9-5-10-16-22)28(3)24(21-13-7-4-8-14-21)19-27(25,29)23-17-11-6-12-18-23/h4-18,20,24-26,29H,19H2,1-3H3/t24-,25-,26+,27-/m0/s1. The van der Waals surface area contributed by atoms with Crippen LogP contribution in [0.3, 0.4) is 0 Å². The van der Waals surface area contributed by atoms with Crippen molar-refractivity contribution >= 4 is 0 Å². The molecule has 1 saturated heterocycles. The zero-order valence-corrected chi connectivity index (χ0v) is 17.6. The number of benzene rings is 3. The third-order valence-electron chi connectivity index (χ3n) is 6.64. The Morgan fingerprint density at radius 1 is 0.793 bits per heavy atom. The number of nitrogens with zero attached hydrogens (tertiary/aromatic N) is 1. The molecule has 150 valence electrons. The molecule has 0 aromatic heterocycles. The zero-order chi connectivity index (χ0) is 20.4. The van der Waals surface area contributed by atoms with Crippen molar-refractivity contribution in [1.29, 1.82) is 0 Å². The molecule has 2 heteroatoms. The van der Waals surface area contributed by atoms with Crippen LogP contribution in [0.2, 0.25) is 0 Å². The van der Waals surface area contributed by atoms with E-state index in [4.69, 9.17) is 0 Å². The minimum Gasteiger partial charge on any atom is -0.385 e. The molecule has 1 aliphatic heterocycles. The van der Waals surface area contributed by atoms with Crippen molar-refractivity contribution in [2.45, 2.75) is 38.0 Å². The quantitative estimate of drug-likeness (QED) is 0.598. The van der Waals surface area contributed by atoms with E-state index in [0.29, 0.717) is 12.3 Å². The van der Waals surface area contributed by atoms with Gasteiger partial charge in [-0.25, -0.2) is 0 Å². The van der Waals surface area contributed by atoms with E-state index >= 15 is 0 Å². The van der Waals surface area contributed by atoms with Gasteiger partial charge in [-0.2, -0.15) is 0 Å². The van der Waals surface area contributed by atoms with E-state index in [1.54, 1.807) is 0 Å². The van der Waals surface area contributed by atoms with E-state index < -0.39 is 5.60 Å². The molecule has 4 atom stereocenters. The Bertz CT molecular complexity index is 909. The van der Waals surface area contributed by atoms with Crippen molar-refractivity contribution in [3.63, 3.8) is 0 Å². The lowest BCUT2D eigenvalue weighted by Gasteiger charge is -2.55. The fourth-order valence-electron chi connectivity index (χ4n) is 5.36. The van der Waals surface area contributed by atoms with Gasteiger partial charge in [-0.05, 0) is 29.7 Å². The Morgan fingerprint density at radius 2 is 1.28 bits per heavy atom. The molecular formula is C27H31NO. The van der Waals surface area contributed by atoms with Crippen LogP contribution in [0.15, 0.2) is 91.0 Å². The van der Waals surface area contributed by atoms with E-state index in [1.807, 2.05) is 18.2 Å². The second-order valence-corrected chi connectivity index (χ2v) is 8.71. The first-order chi connectivity index (χ1) is 14.0. The monoisotopic (exact) mass is 385 g/mol. The SMILES string of the molecule is CC(C)[C@H]1[C@@H](c2ccccc2)N(C)[C@H](c2ccccc2)C[C@]1(O)c1ccccc1. The van der Waals surface area contributed by atoms with Gasteiger partial charge in [-0.1, -0.05) is 105 Å². The van der Waals surface area contributed by atoms with Crippen molar-refractivity contribution in [1.82, 2.24) is 4.90 Å². The third-order valence-corrected chi connectivity index (χ3v) is 6.64. The maximum absolute atomic E-state index is 12.3. The molecular weight excluding hydrogens is 354 g/mol. The molecule has 3 aromatic carbocycles. The van der Waals surface area contributed by atoms with Crippen molar-refractivity contribution < 1.29 is 5.11 Å². The van der Waals surface area contributed by atoms with Gasteiger partial charge in [0.2, 0.25) is 0 Å². The van der Waals surface area contributed by atoms with E-state index in [2.05, 4.69) is 98.6 Å². The van der Waals surface area contributed by atoms with Crippen LogP contribution < -0.4 is 0 Å². The van der Waals surface area contributed by atoms with Crippen molar-refractivity contribution in [2.75, 3.05) is 7.05 Å². The van der Waals surface area contributed by atoms with Crippen LogP contribution in [-0.4, -0.2) is 17.1 Å². The number of piperidine rings is 1. The maximum Gasteiger partial charge on any atom is 0.0963 e. The summed E-state index contributed by atoms with van der Waals surface area (Å²) in [5.74, 6) is 0.404. The minimum absolute atomic E-state index is 0.0808. The summed E-state index contributed by atoms with van der Waals surface area (Å²) in [6.45, 7) is 4.48. The van der Waals surface area contributed by atoms with Crippen LogP contribution in [0.1, 0.15) is 49.0 Å². The molecule has 3 aromatic rings. The maximum atomic E-state index is 12.3. The predicted molar refractivity (Wildman–Crippen MR) is 119 cm³/mol. The van der Waals surface area contributed by atoms with Crippen LogP contribution in [0, 0.1) is 11.8 Å². The molecule has 0 unspecified atom stereocenters. The molecule has 0 aliphatic carbocycles. The van der Waals surface area contributed by atoms with E-state index in [1.165, 1.54) is 11.1 Å². The second-order valence-electron chi connectivity index (χ2n) is 8.71. The summed E-state index contributed by atoms with van der Waals surface area (Å²) in [7, 11) is 2.22. The predicted octanol–water partition coefficient (Wildman–Crippen LogP) is 5.96. The van der Waals surface area contributed by atoms with Crippen LogP contribution in [0.4, 0.5) is 0 Å². The van der Waals surface area contributed by atoms with Gasteiger partial charge in [0.05, 0.1) is 5.60 Å². The molecule has 0 spiro atoms. The topological polar surface area (TPSA) is 23.5 Å². The van der Waals surface area contributed by atoms with Gasteiger partial charge in [0.1, 0.15) is 0 Å². The lowest BCUT2D eigenvalue weighted by Crippen LogP contribution is -2.53. The Labute approximate surface area is 174 Å². The molecule has 0 saturated carbocycles. The van der Waals surface area contributed by atoms with Gasteiger partial charge in [0.25, 0.3) is 0 Å². The summed E-state index contributed by atoms with van der Waals surface area (Å²) in [6.07, 6.45) is 0.684. The summed E-state index contributed by atoms with van der Waals surface area (Å²) >= 11 is 0. The molecule has 1 heterocycles. The van der Waals surface area contributed by atoms with E-state index in [0.717, 1.165) is 5.56 Å². The van der Waals surface area contributed by atoms with Gasteiger partial charge < -0.3 is 5.11 Å². The highest BCUT2D eigenvalue weighted by molar-refractivity contribution is 5.32. The minimum atomic E-state index is -0.900. The van der Waals surface area contributed by atoms with Gasteiger partial charge in [-0.15, -0.1) is 0 Å². The summed E-state index contributed by atoms with van der Waals surface area (Å²) in [4.78, 5) is 2.48. The van der Waals surface area contributed by atoms with Crippen molar-refractivity contribution in [2.24, 2.45) is 11.8 Å². The molecule has 1 N–H and O–H groups in total. The van der Waals surface area contributed by atoms with Crippen LogP contribution >= 0.6 is 0 Å². The molecule has 0 amide bonds. The smallest absolute Gasteiger partial charge is 0.0963 e. The molecule has 4 rings (SSSR count). The average Bonchev–Trinajstić information content (AvgIpc) is 2.76. The molecule has 29 heavy (non-hydrogen) atoms. The molecule has 0 radical (unpaired) electrons. The first-order valence-corrected chi connectivity index (χ1v) is 10.6. The number of rotatable bonds is 4. The van der Waals surface area contributed by atoms with Gasteiger partial charge in [0.15, 0.2) is 0 Å². The molecule has 0 bridgehead atoms. The number of aliphatic hydroxyl groups is 1. The largest absolute Gasteiger partial charge is 0.385 e. The molecule has 1 fully saturated rings. The Kier molecular flexibility index (Phi) is 5.58. The van der Waals surface area contributed by atoms with Gasteiger partial charge >= 0.3 is 0 Å². The highest BCUT2D eigenvalue weighted by Gasteiger charge is 2.52. The lowest BCUT2D eigenvalue weighted by molar-refractivity contribution is -0.142. The fourth-order valence-corrected chi connectivity index (χ4v) is 5.36. The normalized spacial score (nSPS) is 27.8. The van der Waals surface area contributed by atoms with Crippen LogP contribution in [0.25, 0.3) is 0 Å². The Hall–Kier alpha value is -2.42. The van der Waals surface area contributed by atoms with Gasteiger partial charge in [0, 0.05) is 24.4 Å². The first-order valence-electron chi connectivity index (χ1n) is 10.6. The van der Waals surface area contributed by atoms with Crippen molar-refractivity contribution in [3.8, 4) is 0 Å². The highest BCUT2D eigenvalue weighted by atomic mass is 16.3. The van der Waals surface area contributed by atoms with Crippen molar-refractivity contribution in [3.05, 3.63) is 108 Å². The van der Waals surface area contributed by atoms with Crippen LogP contribution in [0.5, 0.6) is 0 Å². The fraction of sp³-hybridized carbons (Fsp3) is 0.333.